The zero-order chi connectivity index (χ0) is 23.2. The molecule has 3 aromatic rings. The summed E-state index contributed by atoms with van der Waals surface area (Å²) in [5.41, 5.74) is 2.96. The van der Waals surface area contributed by atoms with E-state index in [4.69, 9.17) is 9.26 Å². The van der Waals surface area contributed by atoms with Crippen molar-refractivity contribution in [3.8, 4) is 11.3 Å². The summed E-state index contributed by atoms with van der Waals surface area (Å²) in [4.78, 5) is 17.4. The average molecular weight is 452 g/mol. The Morgan fingerprint density at radius 3 is 2.45 bits per heavy atom. The molecular formula is C26H30FN3O3. The van der Waals surface area contributed by atoms with E-state index in [-0.39, 0.29) is 17.8 Å². The summed E-state index contributed by atoms with van der Waals surface area (Å²) in [7, 11) is 0. The quantitative estimate of drug-likeness (QED) is 0.450. The van der Waals surface area contributed by atoms with Crippen LogP contribution >= 0.6 is 0 Å². The van der Waals surface area contributed by atoms with Gasteiger partial charge in [0, 0.05) is 37.4 Å². The van der Waals surface area contributed by atoms with E-state index in [1.54, 1.807) is 4.90 Å². The highest BCUT2D eigenvalue weighted by molar-refractivity contribution is 5.94. The van der Waals surface area contributed by atoms with Crippen LogP contribution in [0.1, 0.15) is 42.6 Å². The van der Waals surface area contributed by atoms with Crippen LogP contribution in [0, 0.1) is 5.82 Å². The summed E-state index contributed by atoms with van der Waals surface area (Å²) in [5.74, 6) is 0.130. The van der Waals surface area contributed by atoms with Crippen molar-refractivity contribution in [3.05, 3.63) is 71.5 Å². The van der Waals surface area contributed by atoms with Gasteiger partial charge in [-0.1, -0.05) is 35.5 Å². The van der Waals surface area contributed by atoms with E-state index < -0.39 is 0 Å². The number of anilines is 1. The number of aromatic nitrogens is 1. The minimum atomic E-state index is -0.369. The Balaban J connectivity index is 1.72. The Kier molecular flexibility index (Phi) is 7.40. The largest absolute Gasteiger partial charge is 0.376 e. The lowest BCUT2D eigenvalue weighted by atomic mass is 10.1. The maximum atomic E-state index is 13.5. The van der Waals surface area contributed by atoms with Gasteiger partial charge in [0.05, 0.1) is 18.2 Å². The fraction of sp³-hybridized carbons (Fsp3) is 0.385. The second-order valence-corrected chi connectivity index (χ2v) is 8.18. The fourth-order valence-corrected chi connectivity index (χ4v) is 4.24. The molecule has 6 nitrogen and oxygen atoms in total. The normalized spacial score (nSPS) is 15.5. The van der Waals surface area contributed by atoms with Crippen molar-refractivity contribution < 1.29 is 18.4 Å². The summed E-state index contributed by atoms with van der Waals surface area (Å²) >= 11 is 0. The second-order valence-electron chi connectivity index (χ2n) is 8.18. The molecule has 1 amide bonds. The molecule has 7 heteroatoms. The van der Waals surface area contributed by atoms with Crippen molar-refractivity contribution in [3.63, 3.8) is 0 Å². The Bertz CT molecular complexity index is 1040. The molecule has 4 rings (SSSR count). The van der Waals surface area contributed by atoms with E-state index in [2.05, 4.69) is 23.9 Å². The third-order valence-corrected chi connectivity index (χ3v) is 6.04. The first-order valence-electron chi connectivity index (χ1n) is 11.6. The molecule has 174 valence electrons. The molecule has 1 unspecified atom stereocenters. The van der Waals surface area contributed by atoms with Gasteiger partial charge in [-0.25, -0.2) is 4.39 Å². The Labute approximate surface area is 193 Å². The van der Waals surface area contributed by atoms with Crippen LogP contribution < -0.4 is 4.90 Å². The monoisotopic (exact) mass is 451 g/mol. The van der Waals surface area contributed by atoms with Gasteiger partial charge in [-0.15, -0.1) is 0 Å². The van der Waals surface area contributed by atoms with Crippen LogP contribution in [0.15, 0.2) is 59.1 Å². The smallest absolute Gasteiger partial charge is 0.254 e. The van der Waals surface area contributed by atoms with Crippen LogP contribution in [0.5, 0.6) is 0 Å². The fourth-order valence-electron chi connectivity index (χ4n) is 4.24. The molecule has 1 aliphatic rings. The van der Waals surface area contributed by atoms with Crippen LogP contribution in [0.2, 0.25) is 0 Å². The second kappa shape index (κ2) is 10.6. The van der Waals surface area contributed by atoms with Gasteiger partial charge in [0.1, 0.15) is 11.5 Å². The molecule has 1 saturated heterocycles. The van der Waals surface area contributed by atoms with E-state index in [0.29, 0.717) is 31.1 Å². The first-order valence-corrected chi connectivity index (χ1v) is 11.6. The first-order chi connectivity index (χ1) is 16.1. The van der Waals surface area contributed by atoms with Crippen molar-refractivity contribution in [2.24, 2.45) is 0 Å². The van der Waals surface area contributed by atoms with Crippen molar-refractivity contribution >= 4 is 11.8 Å². The Morgan fingerprint density at radius 2 is 1.82 bits per heavy atom. The number of amides is 1. The Morgan fingerprint density at radius 1 is 1.09 bits per heavy atom. The molecule has 2 heterocycles. The number of benzene rings is 2. The third-order valence-electron chi connectivity index (χ3n) is 6.04. The number of ether oxygens (including phenoxy) is 1. The Hall–Kier alpha value is -3.19. The lowest BCUT2D eigenvalue weighted by Crippen LogP contribution is -2.37. The standard InChI is InChI=1S/C26H30FN3O3/c1-3-29(4-2)26-23(24(28-33-26)19-9-6-5-7-10-19)18-30(17-22-11-8-16-32-22)25(31)20-12-14-21(27)15-13-20/h5-7,9-10,12-15,22H,3-4,8,11,16-18H2,1-2H3. The molecule has 0 saturated carbocycles. The number of halogens is 1. The topological polar surface area (TPSA) is 58.8 Å². The van der Waals surface area contributed by atoms with Crippen molar-refractivity contribution in [1.82, 2.24) is 10.1 Å². The van der Waals surface area contributed by atoms with Crippen LogP contribution in [-0.4, -0.2) is 48.3 Å². The van der Waals surface area contributed by atoms with Gasteiger partial charge in [0.15, 0.2) is 0 Å². The number of rotatable bonds is 9. The van der Waals surface area contributed by atoms with Gasteiger partial charge in [0.25, 0.3) is 5.91 Å². The summed E-state index contributed by atoms with van der Waals surface area (Å²) in [6.45, 7) is 7.10. The molecule has 0 aliphatic carbocycles. The van der Waals surface area contributed by atoms with Gasteiger partial charge < -0.3 is 19.1 Å². The molecule has 0 radical (unpaired) electrons. The van der Waals surface area contributed by atoms with Crippen molar-refractivity contribution in [2.75, 3.05) is 31.1 Å². The molecule has 1 atom stereocenters. The SMILES string of the molecule is CCN(CC)c1onc(-c2ccccc2)c1CN(CC1CCCO1)C(=O)c1ccc(F)cc1. The molecule has 1 aliphatic heterocycles. The highest BCUT2D eigenvalue weighted by Crippen LogP contribution is 2.33. The summed E-state index contributed by atoms with van der Waals surface area (Å²) in [6.07, 6.45) is 1.87. The summed E-state index contributed by atoms with van der Waals surface area (Å²) in [5, 5.41) is 4.40. The maximum absolute atomic E-state index is 13.5. The highest BCUT2D eigenvalue weighted by Gasteiger charge is 2.28. The van der Waals surface area contributed by atoms with Gasteiger partial charge in [-0.3, -0.25) is 4.79 Å². The molecular weight excluding hydrogens is 421 g/mol. The van der Waals surface area contributed by atoms with Gasteiger partial charge in [-0.2, -0.15) is 0 Å². The average Bonchev–Trinajstić information content (AvgIpc) is 3.51. The number of nitrogens with zero attached hydrogens (tertiary/aromatic N) is 3. The van der Waals surface area contributed by atoms with E-state index in [1.165, 1.54) is 24.3 Å². The summed E-state index contributed by atoms with van der Waals surface area (Å²) in [6, 6.07) is 15.5. The molecule has 2 aromatic carbocycles. The minimum absolute atomic E-state index is 0.0219. The van der Waals surface area contributed by atoms with Crippen molar-refractivity contribution in [2.45, 2.75) is 39.3 Å². The first kappa shape index (κ1) is 23.0. The van der Waals surface area contributed by atoms with E-state index in [0.717, 1.165) is 42.8 Å². The van der Waals surface area contributed by atoms with Crippen molar-refractivity contribution in [1.29, 1.82) is 0 Å². The molecule has 1 aromatic heterocycles. The van der Waals surface area contributed by atoms with E-state index >= 15 is 0 Å². The highest BCUT2D eigenvalue weighted by atomic mass is 19.1. The maximum Gasteiger partial charge on any atom is 0.254 e. The van der Waals surface area contributed by atoms with E-state index in [9.17, 15) is 9.18 Å². The zero-order valence-electron chi connectivity index (χ0n) is 19.2. The molecule has 0 N–H and O–H groups in total. The number of hydrogen-bond acceptors (Lipinski definition) is 5. The lowest BCUT2D eigenvalue weighted by molar-refractivity contribution is 0.0507. The predicted molar refractivity (Wildman–Crippen MR) is 126 cm³/mol. The number of hydrogen-bond donors (Lipinski definition) is 0. The lowest BCUT2D eigenvalue weighted by Gasteiger charge is -2.27. The van der Waals surface area contributed by atoms with E-state index in [1.807, 2.05) is 30.3 Å². The van der Waals surface area contributed by atoms with Crippen LogP contribution in [0.3, 0.4) is 0 Å². The number of carbonyl (C=O) groups is 1. The van der Waals surface area contributed by atoms with Gasteiger partial charge >= 0.3 is 0 Å². The summed E-state index contributed by atoms with van der Waals surface area (Å²) < 4.78 is 25.1. The molecule has 0 spiro atoms. The van der Waals surface area contributed by atoms with Crippen LogP contribution in [0.25, 0.3) is 11.3 Å². The van der Waals surface area contributed by atoms with Gasteiger partial charge in [-0.05, 0) is 51.0 Å². The van der Waals surface area contributed by atoms with Crippen LogP contribution in [0.4, 0.5) is 10.3 Å². The third kappa shape index (κ3) is 5.25. The molecule has 1 fully saturated rings. The number of carbonyl (C=O) groups excluding carboxylic acids is 1. The minimum Gasteiger partial charge on any atom is -0.376 e. The predicted octanol–water partition coefficient (Wildman–Crippen LogP) is 5.15. The van der Waals surface area contributed by atoms with Crippen LogP contribution in [-0.2, 0) is 11.3 Å². The molecule has 33 heavy (non-hydrogen) atoms. The van der Waals surface area contributed by atoms with Gasteiger partial charge in [0.2, 0.25) is 5.88 Å². The zero-order valence-corrected chi connectivity index (χ0v) is 19.2. The molecule has 0 bridgehead atoms.